The van der Waals surface area contributed by atoms with Gasteiger partial charge in [0.05, 0.1) is 17.6 Å². The van der Waals surface area contributed by atoms with Crippen molar-refractivity contribution in [3.05, 3.63) is 34.7 Å². The summed E-state index contributed by atoms with van der Waals surface area (Å²) in [5.74, 6) is 0.121. The minimum absolute atomic E-state index is 0.246. The lowest BCUT2D eigenvalue weighted by Gasteiger charge is -2.14. The number of esters is 1. The second kappa shape index (κ2) is 9.60. The van der Waals surface area contributed by atoms with E-state index in [2.05, 4.69) is 13.8 Å². The molecule has 146 valence electrons. The summed E-state index contributed by atoms with van der Waals surface area (Å²) in [6.07, 6.45) is 2.06. The Labute approximate surface area is 163 Å². The topological polar surface area (TPSA) is 72.9 Å². The van der Waals surface area contributed by atoms with Crippen LogP contribution in [0.1, 0.15) is 39.7 Å². The van der Waals surface area contributed by atoms with Gasteiger partial charge in [-0.25, -0.2) is 0 Å². The molecular formula is C20H25NO5S. The maximum Gasteiger partial charge on any atom is 0.326 e. The van der Waals surface area contributed by atoms with Gasteiger partial charge in [0.15, 0.2) is 0 Å². The highest BCUT2D eigenvalue weighted by Gasteiger charge is 2.36. The average Bonchev–Trinajstić information content (AvgIpc) is 2.88. The number of thioether (sulfide) groups is 1. The minimum atomic E-state index is -0.584. The van der Waals surface area contributed by atoms with E-state index in [0.29, 0.717) is 18.9 Å². The molecule has 0 aliphatic carbocycles. The van der Waals surface area contributed by atoms with Gasteiger partial charge in [0.2, 0.25) is 0 Å². The van der Waals surface area contributed by atoms with Crippen molar-refractivity contribution in [2.75, 3.05) is 13.2 Å². The van der Waals surface area contributed by atoms with Crippen LogP contribution in [-0.2, 0) is 14.3 Å². The van der Waals surface area contributed by atoms with Crippen LogP contribution in [0.2, 0.25) is 0 Å². The molecule has 0 saturated carbocycles. The summed E-state index contributed by atoms with van der Waals surface area (Å²) in [6, 6.07) is 7.28. The van der Waals surface area contributed by atoms with E-state index < -0.39 is 17.1 Å². The summed E-state index contributed by atoms with van der Waals surface area (Å²) in [7, 11) is 0. The summed E-state index contributed by atoms with van der Waals surface area (Å²) in [4.78, 5) is 37.6. The molecule has 0 radical (unpaired) electrons. The van der Waals surface area contributed by atoms with Gasteiger partial charge < -0.3 is 9.47 Å². The van der Waals surface area contributed by atoms with Gasteiger partial charge in [-0.1, -0.05) is 32.9 Å². The van der Waals surface area contributed by atoms with Crippen LogP contribution in [0.15, 0.2) is 29.2 Å². The summed E-state index contributed by atoms with van der Waals surface area (Å²) in [5, 5.41) is -0.468. The van der Waals surface area contributed by atoms with E-state index in [1.807, 2.05) is 31.2 Å². The van der Waals surface area contributed by atoms with E-state index in [1.165, 1.54) is 0 Å². The molecule has 2 rings (SSSR count). The molecule has 0 spiro atoms. The molecule has 1 heterocycles. The molecule has 0 bridgehead atoms. The summed E-state index contributed by atoms with van der Waals surface area (Å²) >= 11 is 0.821. The summed E-state index contributed by atoms with van der Waals surface area (Å²) in [6.45, 7) is 8.06. The fraction of sp³-hybridized carbons (Fsp3) is 0.450. The molecular weight excluding hydrogens is 366 g/mol. The Hall–Kier alpha value is -2.28. The molecule has 1 aliphatic heterocycles. The first-order valence-electron chi connectivity index (χ1n) is 8.97. The van der Waals surface area contributed by atoms with Crippen LogP contribution in [0, 0.1) is 5.92 Å². The van der Waals surface area contributed by atoms with E-state index in [0.717, 1.165) is 28.0 Å². The number of ether oxygens (including phenoxy) is 2. The number of nitrogens with zero attached hydrogens (tertiary/aromatic N) is 1. The lowest BCUT2D eigenvalue weighted by Crippen LogP contribution is -2.35. The third-order valence-corrected chi connectivity index (χ3v) is 4.74. The number of carbonyl (C=O) groups is 3. The summed E-state index contributed by atoms with van der Waals surface area (Å²) in [5.41, 5.74) is 0.777. The maximum absolute atomic E-state index is 12.4. The van der Waals surface area contributed by atoms with Crippen molar-refractivity contribution in [3.8, 4) is 5.75 Å². The molecule has 1 aromatic rings. The van der Waals surface area contributed by atoms with Crippen molar-refractivity contribution in [2.45, 2.75) is 40.2 Å². The molecule has 1 atom stereocenters. The van der Waals surface area contributed by atoms with Crippen LogP contribution in [0.25, 0.3) is 6.08 Å². The van der Waals surface area contributed by atoms with Crippen molar-refractivity contribution in [3.63, 3.8) is 0 Å². The minimum Gasteiger partial charge on any atom is -0.493 e. The second-order valence-electron chi connectivity index (χ2n) is 6.75. The Kier molecular flexibility index (Phi) is 7.47. The van der Waals surface area contributed by atoms with Crippen molar-refractivity contribution < 1.29 is 23.9 Å². The van der Waals surface area contributed by atoms with Crippen LogP contribution in [-0.4, -0.2) is 41.3 Å². The fourth-order valence-corrected chi connectivity index (χ4v) is 3.02. The van der Waals surface area contributed by atoms with E-state index in [1.54, 1.807) is 13.0 Å². The highest BCUT2D eigenvalue weighted by atomic mass is 32.2. The van der Waals surface area contributed by atoms with Crippen molar-refractivity contribution in [1.82, 2.24) is 4.90 Å². The highest BCUT2D eigenvalue weighted by Crippen LogP contribution is 2.32. The Morgan fingerprint density at radius 3 is 2.44 bits per heavy atom. The largest absolute Gasteiger partial charge is 0.493 e. The molecule has 1 saturated heterocycles. The van der Waals surface area contributed by atoms with Gasteiger partial charge in [-0.2, -0.15) is 0 Å². The monoisotopic (exact) mass is 391 g/mol. The molecule has 0 unspecified atom stereocenters. The van der Waals surface area contributed by atoms with E-state index >= 15 is 0 Å². The van der Waals surface area contributed by atoms with E-state index in [4.69, 9.17) is 9.47 Å². The zero-order chi connectivity index (χ0) is 20.0. The van der Waals surface area contributed by atoms with Crippen molar-refractivity contribution >= 4 is 35.0 Å². The molecule has 1 fully saturated rings. The molecule has 6 nitrogen and oxygen atoms in total. The van der Waals surface area contributed by atoms with Gasteiger partial charge in [-0.05, 0) is 54.8 Å². The van der Waals surface area contributed by atoms with Gasteiger partial charge >= 0.3 is 5.97 Å². The predicted octanol–water partition coefficient (Wildman–Crippen LogP) is 4.10. The maximum atomic E-state index is 12.4. The molecule has 1 aromatic carbocycles. The van der Waals surface area contributed by atoms with Crippen LogP contribution >= 0.6 is 11.8 Å². The number of amides is 2. The smallest absolute Gasteiger partial charge is 0.326 e. The van der Waals surface area contributed by atoms with Crippen LogP contribution in [0.4, 0.5) is 4.79 Å². The summed E-state index contributed by atoms with van der Waals surface area (Å²) < 4.78 is 10.8. The lowest BCUT2D eigenvalue weighted by molar-refractivity contribution is -0.150. The standard InChI is InChI=1S/C20H25NO5S/c1-5-14(4)26-18(22)11-21-19(23)17(27-20(21)24)10-15-6-8-16(9-7-15)25-12-13(2)3/h6-10,13-14H,5,11-12H2,1-4H3/b17-10-/t14-/m1/s1. The molecule has 2 amide bonds. The fourth-order valence-electron chi connectivity index (χ4n) is 2.18. The van der Waals surface area contributed by atoms with Crippen LogP contribution in [0.5, 0.6) is 5.75 Å². The number of hydrogen-bond donors (Lipinski definition) is 0. The average molecular weight is 391 g/mol. The van der Waals surface area contributed by atoms with Crippen molar-refractivity contribution in [1.29, 1.82) is 0 Å². The van der Waals surface area contributed by atoms with Crippen LogP contribution < -0.4 is 4.74 Å². The highest BCUT2D eigenvalue weighted by molar-refractivity contribution is 8.18. The Balaban J connectivity index is 2.01. The zero-order valence-corrected chi connectivity index (χ0v) is 16.9. The van der Waals surface area contributed by atoms with E-state index in [-0.39, 0.29) is 17.6 Å². The molecule has 0 aromatic heterocycles. The lowest BCUT2D eigenvalue weighted by atomic mass is 10.2. The number of rotatable bonds is 8. The van der Waals surface area contributed by atoms with Gasteiger partial charge in [0.1, 0.15) is 12.3 Å². The number of carbonyl (C=O) groups excluding carboxylic acids is 3. The molecule has 27 heavy (non-hydrogen) atoms. The van der Waals surface area contributed by atoms with Gasteiger partial charge in [-0.15, -0.1) is 0 Å². The third-order valence-electron chi connectivity index (χ3n) is 3.83. The molecule has 7 heteroatoms. The number of hydrogen-bond acceptors (Lipinski definition) is 6. The normalized spacial score (nSPS) is 16.9. The zero-order valence-electron chi connectivity index (χ0n) is 16.1. The SMILES string of the molecule is CC[C@@H](C)OC(=O)CN1C(=O)S/C(=C\c2ccc(OCC(C)C)cc2)C1=O. The van der Waals surface area contributed by atoms with E-state index in [9.17, 15) is 14.4 Å². The van der Waals surface area contributed by atoms with Crippen molar-refractivity contribution in [2.24, 2.45) is 5.92 Å². The Morgan fingerprint density at radius 1 is 1.19 bits per heavy atom. The quantitative estimate of drug-likeness (QED) is 0.491. The first kappa shape index (κ1) is 21.0. The van der Waals surface area contributed by atoms with Gasteiger partial charge in [0.25, 0.3) is 11.1 Å². The molecule has 1 aliphatic rings. The first-order valence-corrected chi connectivity index (χ1v) is 9.79. The third kappa shape index (κ3) is 6.13. The van der Waals surface area contributed by atoms with Gasteiger partial charge in [0, 0.05) is 0 Å². The van der Waals surface area contributed by atoms with Crippen LogP contribution in [0.3, 0.4) is 0 Å². The second-order valence-corrected chi connectivity index (χ2v) is 7.74. The Morgan fingerprint density at radius 2 is 1.85 bits per heavy atom. The Bertz CT molecular complexity index is 726. The van der Waals surface area contributed by atoms with Gasteiger partial charge in [-0.3, -0.25) is 19.3 Å². The number of imide groups is 1. The molecule has 0 N–H and O–H groups in total. The first-order chi connectivity index (χ1) is 12.8. The predicted molar refractivity (Wildman–Crippen MR) is 105 cm³/mol. The number of benzene rings is 1.